The standard InChI is InChI=1S/C68H30N12O4S8/c1-67(2)41-13-33(11-39-51(31(23-73)24-74)35-7-27(19-69)29(21-71)9-37(35)59(39)81)85-61(41)63-43(67)15-49(89-63)65-45(83-5)17-47(87-65)53-55-57(79-91-77-55)54(58-56(53)78-92-80-58)48-18-46(84-6)66(88-48)50-16-44-64(90-50)62-42(68(44,3)4)14-34(86-62)12-40-52(32(25-75)26-76)36-8-28(20-70)30(22-72)10-38(36)60(40)82/h7-18H,1-6H3/b39-11-,40-12-. The molecule has 0 spiro atoms. The highest BCUT2D eigenvalue weighted by molar-refractivity contribution is 7.58. The maximum absolute atomic E-state index is 14.1. The van der Waals surface area contributed by atoms with Crippen molar-refractivity contribution in [3.05, 3.63) is 159 Å². The second-order valence-corrected chi connectivity index (χ2v) is 29.9. The van der Waals surface area contributed by atoms with Gasteiger partial charge in [0, 0.05) is 93.0 Å². The Morgan fingerprint density at radius 3 is 1.15 bits per heavy atom. The molecule has 0 atom stereocenters. The number of hydrogen-bond donors (Lipinski definition) is 0. The molecule has 24 heteroatoms. The van der Waals surface area contributed by atoms with Gasteiger partial charge >= 0.3 is 0 Å². The van der Waals surface area contributed by atoms with Crippen molar-refractivity contribution in [3.63, 3.8) is 0 Å². The molecule has 0 unspecified atom stereocenters. The molecule has 4 aliphatic carbocycles. The van der Waals surface area contributed by atoms with Crippen LogP contribution in [0.15, 0.2) is 91.7 Å². The Morgan fingerprint density at radius 2 is 0.793 bits per heavy atom. The number of nitrogens with zero attached hydrogens (tertiary/aromatic N) is 12. The Morgan fingerprint density at radius 1 is 0.446 bits per heavy atom. The van der Waals surface area contributed by atoms with E-state index in [0.717, 1.165) is 115 Å². The number of allylic oxidation sites excluding steroid dienone is 6. The maximum atomic E-state index is 14.1. The lowest BCUT2D eigenvalue weighted by molar-refractivity contribution is 0.103. The van der Waals surface area contributed by atoms with E-state index in [9.17, 15) is 51.7 Å². The largest absolute Gasteiger partial charge is 0.495 e. The van der Waals surface area contributed by atoms with Crippen LogP contribution in [0.2, 0.25) is 0 Å². The molecular formula is C68H30N12O4S8. The lowest BCUT2D eigenvalue weighted by atomic mass is 9.83. The molecule has 5 aliphatic rings. The van der Waals surface area contributed by atoms with E-state index < -0.39 is 22.4 Å². The number of thiophene rings is 6. The first-order valence-corrected chi connectivity index (χ1v) is 33.8. The van der Waals surface area contributed by atoms with Crippen LogP contribution < -0.4 is 9.47 Å². The Labute approximate surface area is 554 Å². The molecule has 0 amide bonds. The van der Waals surface area contributed by atoms with Crippen molar-refractivity contribution in [2.45, 2.75) is 38.5 Å². The summed E-state index contributed by atoms with van der Waals surface area (Å²) in [4.78, 5) is 39.4. The van der Waals surface area contributed by atoms with E-state index in [2.05, 4.69) is 39.8 Å². The summed E-state index contributed by atoms with van der Waals surface area (Å²) in [5, 5.41) is 79.4. The van der Waals surface area contributed by atoms with Gasteiger partial charge < -0.3 is 9.47 Å². The van der Waals surface area contributed by atoms with Crippen LogP contribution in [0, 0.1) is 90.6 Å². The minimum atomic E-state index is -0.455. The molecule has 0 radical (unpaired) electrons. The topological polar surface area (TPSA) is 293 Å². The number of ether oxygens (including phenoxy) is 2. The van der Waals surface area contributed by atoms with Gasteiger partial charge in [0.25, 0.3) is 0 Å². The molecule has 15 rings (SSSR count). The molecule has 92 heavy (non-hydrogen) atoms. The molecule has 16 nitrogen and oxygen atoms in total. The highest BCUT2D eigenvalue weighted by Crippen LogP contribution is 2.63. The fourth-order valence-corrected chi connectivity index (χ4v) is 21.8. The van der Waals surface area contributed by atoms with Crippen LogP contribution in [-0.2, 0) is 22.2 Å². The summed E-state index contributed by atoms with van der Waals surface area (Å²) in [5.41, 5.74) is 8.73. The summed E-state index contributed by atoms with van der Waals surface area (Å²) in [5.74, 6) is 0.448. The first-order valence-electron chi connectivity index (χ1n) is 27.4. The van der Waals surface area contributed by atoms with Gasteiger partial charge in [-0.2, -0.15) is 59.6 Å². The third-order valence-electron chi connectivity index (χ3n) is 17.1. The Balaban J connectivity index is 0.766. The summed E-state index contributed by atoms with van der Waals surface area (Å²) < 4.78 is 32.1. The molecule has 0 saturated heterocycles. The Kier molecular flexibility index (Phi) is 13.1. The number of aromatic nitrogens is 2. The number of ketones is 2. The van der Waals surface area contributed by atoms with Gasteiger partial charge in [0.1, 0.15) is 93.6 Å². The molecule has 0 N–H and O–H groups in total. The predicted octanol–water partition coefficient (Wildman–Crippen LogP) is 17.7. The van der Waals surface area contributed by atoms with Crippen molar-refractivity contribution in [2.75, 3.05) is 14.2 Å². The number of nitriles is 8. The lowest BCUT2D eigenvalue weighted by Gasteiger charge is -2.19. The van der Waals surface area contributed by atoms with Gasteiger partial charge in [-0.15, -0.1) is 68.0 Å². The third-order valence-corrected chi connectivity index (χ3v) is 25.6. The van der Waals surface area contributed by atoms with Gasteiger partial charge in [-0.3, -0.25) is 9.59 Å². The van der Waals surface area contributed by atoms with Crippen molar-refractivity contribution in [3.8, 4) is 120 Å². The monoisotopic (exact) mass is 1330 g/mol. The maximum Gasteiger partial charge on any atom is 0.194 e. The molecule has 1 aliphatic heterocycles. The van der Waals surface area contributed by atoms with E-state index in [1.807, 2.05) is 72.8 Å². The number of Topliss-reactive ketones (excluding diaryl/α,β-unsaturated/α-hetero) is 2. The summed E-state index contributed by atoms with van der Waals surface area (Å²) in [7, 11) is 3.30. The first-order chi connectivity index (χ1) is 44.5. The lowest BCUT2D eigenvalue weighted by Crippen LogP contribution is -2.13. The van der Waals surface area contributed by atoms with Crippen molar-refractivity contribution >= 4 is 148 Å². The second kappa shape index (κ2) is 20.9. The SMILES string of the molecule is COc1cc(-c2c3c(c(-c4cc(OC)c(-c5cc6c(s5)-c5sc(/C=C7\C(=O)c8cc(C#N)c(C#N)cc8C7=C(C#N)C#N)cc5C6(C)C)s4)c4nsnc24)N=S=N3)sc1-c1cc2c(s1)-c1sc(/C=C3\C(=O)c4cc(C#N)c(C#N)cc4C3=C(C#N)C#N)cc1C2(C)C. The summed E-state index contributed by atoms with van der Waals surface area (Å²) in [6.07, 6.45) is 3.40. The van der Waals surface area contributed by atoms with E-state index in [0.29, 0.717) is 33.9 Å². The minimum absolute atomic E-state index is 0.0296. The number of carbonyl (C=O) groups is 2. The van der Waals surface area contributed by atoms with E-state index in [1.165, 1.54) is 46.9 Å². The van der Waals surface area contributed by atoms with Crippen LogP contribution in [0.3, 0.4) is 0 Å². The van der Waals surface area contributed by atoms with Gasteiger partial charge in [-0.1, -0.05) is 27.7 Å². The van der Waals surface area contributed by atoms with Crippen LogP contribution in [0.4, 0.5) is 11.4 Å². The number of benzene rings is 3. The quantitative estimate of drug-likeness (QED) is 0.101. The zero-order valence-corrected chi connectivity index (χ0v) is 54.7. The summed E-state index contributed by atoms with van der Waals surface area (Å²) >= 11 is 11.6. The molecule has 0 bridgehead atoms. The van der Waals surface area contributed by atoms with Crippen LogP contribution in [0.1, 0.15) is 114 Å². The van der Waals surface area contributed by atoms with Gasteiger partial charge in [0.05, 0.1) is 80.4 Å². The summed E-state index contributed by atoms with van der Waals surface area (Å²) in [6.45, 7) is 8.64. The number of hydrogen-bond acceptors (Lipinski definition) is 23. The smallest absolute Gasteiger partial charge is 0.194 e. The number of rotatable bonds is 8. The molecule has 0 fully saturated rings. The zero-order chi connectivity index (χ0) is 64.1. The van der Waals surface area contributed by atoms with Crippen LogP contribution in [0.25, 0.3) is 94.2 Å². The molecule has 7 aromatic heterocycles. The fourth-order valence-electron chi connectivity index (χ4n) is 12.7. The van der Waals surface area contributed by atoms with Gasteiger partial charge in [0.15, 0.2) is 11.6 Å². The van der Waals surface area contributed by atoms with Crippen molar-refractivity contribution in [1.29, 1.82) is 42.1 Å². The fraction of sp³-hybridized carbons (Fsp3) is 0.118. The predicted molar refractivity (Wildman–Crippen MR) is 359 cm³/mol. The van der Waals surface area contributed by atoms with Gasteiger partial charge in [0.2, 0.25) is 0 Å². The Hall–Kier alpha value is -10.7. The van der Waals surface area contributed by atoms with E-state index in [-0.39, 0.29) is 77.9 Å². The number of methoxy groups -OCH3 is 2. The van der Waals surface area contributed by atoms with Crippen LogP contribution in [-0.4, -0.2) is 34.5 Å². The number of fused-ring (bicyclic) bond motifs is 10. The van der Waals surface area contributed by atoms with Crippen molar-refractivity contribution in [1.82, 2.24) is 8.75 Å². The van der Waals surface area contributed by atoms with Crippen molar-refractivity contribution < 1.29 is 19.1 Å². The minimum Gasteiger partial charge on any atom is -0.495 e. The molecular weight excluding hydrogens is 1310 g/mol. The van der Waals surface area contributed by atoms with E-state index in [1.54, 1.807) is 71.7 Å². The average Bonchev–Trinajstić information content (AvgIpc) is 1.57. The first kappa shape index (κ1) is 57.7. The third kappa shape index (κ3) is 8.08. The second-order valence-electron chi connectivity index (χ2n) is 22.5. The Bertz CT molecular complexity index is 5450. The van der Waals surface area contributed by atoms with Crippen LogP contribution >= 0.6 is 79.7 Å². The molecule has 8 heterocycles. The molecule has 10 aromatic rings. The highest BCUT2D eigenvalue weighted by atomic mass is 32.1. The normalized spacial score (nSPS) is 15.2. The molecule has 3 aromatic carbocycles. The average molecular weight is 1340 g/mol. The van der Waals surface area contributed by atoms with Crippen LogP contribution in [0.5, 0.6) is 11.5 Å². The highest BCUT2D eigenvalue weighted by Gasteiger charge is 2.44. The van der Waals surface area contributed by atoms with E-state index in [4.69, 9.17) is 26.9 Å². The molecule has 434 valence electrons. The van der Waals surface area contributed by atoms with Crippen molar-refractivity contribution in [2.24, 2.45) is 8.73 Å². The summed E-state index contributed by atoms with van der Waals surface area (Å²) in [6, 6.07) is 33.8. The van der Waals surface area contributed by atoms with Gasteiger partial charge in [-0.05, 0) is 106 Å². The van der Waals surface area contributed by atoms with Gasteiger partial charge in [-0.25, -0.2) is 0 Å². The van der Waals surface area contributed by atoms with E-state index >= 15 is 0 Å². The number of carbonyl (C=O) groups excluding carboxylic acids is 2. The zero-order valence-electron chi connectivity index (χ0n) is 48.2. The molecule has 0 saturated carbocycles.